The summed E-state index contributed by atoms with van der Waals surface area (Å²) in [5, 5.41) is 5.15. The number of amides is 1. The molecule has 3 saturated carbocycles. The zero-order valence-corrected chi connectivity index (χ0v) is 19.5. The zero-order chi connectivity index (χ0) is 20.8. The summed E-state index contributed by atoms with van der Waals surface area (Å²) in [7, 11) is 0.0936. The molecular weight excluding hydrogens is 388 g/mol. The number of hydrogen-bond acceptors (Lipinski definition) is 2. The van der Waals surface area contributed by atoms with E-state index in [4.69, 9.17) is 5.73 Å². The molecule has 1 amide bonds. The molecule has 5 fully saturated rings. The minimum Gasteiger partial charge on any atom is -0.353 e. The fourth-order valence-electron chi connectivity index (χ4n) is 7.72. The van der Waals surface area contributed by atoms with E-state index >= 15 is 0 Å². The van der Waals surface area contributed by atoms with Crippen molar-refractivity contribution in [1.29, 1.82) is 0 Å². The second kappa shape index (κ2) is 8.16. The summed E-state index contributed by atoms with van der Waals surface area (Å²) in [4.78, 5) is 13.8. The lowest BCUT2D eigenvalue weighted by Gasteiger charge is -2.66. The molecule has 4 heteroatoms. The van der Waals surface area contributed by atoms with Crippen molar-refractivity contribution >= 4 is 16.8 Å². The van der Waals surface area contributed by atoms with Crippen LogP contribution in [0, 0.1) is 11.3 Å². The van der Waals surface area contributed by atoms with Gasteiger partial charge in [-0.25, -0.2) is 10.9 Å². The lowest BCUT2D eigenvalue weighted by molar-refractivity contribution is -0.138. The Morgan fingerprint density at radius 1 is 1.07 bits per heavy atom. The molecule has 2 unspecified atom stereocenters. The summed E-state index contributed by atoms with van der Waals surface area (Å²) in [6, 6.07) is 11.6. The van der Waals surface area contributed by atoms with Crippen molar-refractivity contribution in [2.75, 3.05) is 12.3 Å². The molecule has 6 rings (SSSR count). The van der Waals surface area contributed by atoms with E-state index in [-0.39, 0.29) is 21.7 Å². The third-order valence-corrected chi connectivity index (χ3v) is 12.6. The van der Waals surface area contributed by atoms with Crippen molar-refractivity contribution in [3.05, 3.63) is 35.9 Å². The van der Waals surface area contributed by atoms with Crippen molar-refractivity contribution in [3.8, 4) is 0 Å². The van der Waals surface area contributed by atoms with Crippen molar-refractivity contribution in [2.24, 2.45) is 17.1 Å². The predicted octanol–water partition coefficient (Wildman–Crippen LogP) is 4.68. The first-order valence-corrected chi connectivity index (χ1v) is 14.1. The number of carbonyl (C=O) groups is 1. The monoisotopic (exact) mass is 428 g/mol. The Hall–Kier alpha value is -1.00. The van der Waals surface area contributed by atoms with Crippen LogP contribution in [0.25, 0.3) is 0 Å². The Balaban J connectivity index is 1.39. The molecule has 0 radical (unpaired) electrons. The van der Waals surface area contributed by atoms with Crippen molar-refractivity contribution in [2.45, 2.75) is 93.1 Å². The Labute approximate surface area is 185 Å². The Morgan fingerprint density at radius 2 is 1.73 bits per heavy atom. The molecule has 166 valence electrons. The third-order valence-electron chi connectivity index (χ3n) is 8.99. The molecule has 5 aliphatic rings. The first-order valence-electron chi connectivity index (χ1n) is 12.4. The van der Waals surface area contributed by atoms with E-state index in [1.54, 1.807) is 0 Å². The highest BCUT2D eigenvalue weighted by Gasteiger charge is 2.63. The van der Waals surface area contributed by atoms with Crippen LogP contribution >= 0.6 is 10.9 Å². The SMILES string of the molecule is CCC[SH]1C2CC3(C(=O)N[C@H]4CC[C@H](CN)CC4)CC1CC(c1ccccc1)(C2)C3. The highest BCUT2D eigenvalue weighted by Crippen LogP contribution is 2.70. The molecule has 2 saturated heterocycles. The average molecular weight is 429 g/mol. The summed E-state index contributed by atoms with van der Waals surface area (Å²) in [6.45, 7) is 3.15. The molecule has 3 nitrogen and oxygen atoms in total. The van der Waals surface area contributed by atoms with Crippen LogP contribution in [-0.2, 0) is 10.2 Å². The fourth-order valence-corrected chi connectivity index (χ4v) is 11.9. The molecule has 2 atom stereocenters. The van der Waals surface area contributed by atoms with Gasteiger partial charge in [-0.3, -0.25) is 4.79 Å². The van der Waals surface area contributed by atoms with Gasteiger partial charge >= 0.3 is 0 Å². The summed E-state index contributed by atoms with van der Waals surface area (Å²) in [5.74, 6) is 2.48. The average Bonchev–Trinajstić information content (AvgIpc) is 2.77. The third kappa shape index (κ3) is 3.52. The summed E-state index contributed by atoms with van der Waals surface area (Å²) < 4.78 is 0. The van der Waals surface area contributed by atoms with Gasteiger partial charge in [0.25, 0.3) is 0 Å². The van der Waals surface area contributed by atoms with Crippen LogP contribution < -0.4 is 11.1 Å². The van der Waals surface area contributed by atoms with Crippen LogP contribution in [-0.4, -0.2) is 34.7 Å². The molecule has 30 heavy (non-hydrogen) atoms. The number of nitrogens with two attached hydrogens (primary N) is 1. The van der Waals surface area contributed by atoms with Gasteiger partial charge in [-0.1, -0.05) is 37.3 Å². The summed E-state index contributed by atoms with van der Waals surface area (Å²) in [5.41, 5.74) is 7.51. The molecule has 1 aromatic rings. The van der Waals surface area contributed by atoms with E-state index in [0.717, 1.165) is 49.1 Å². The van der Waals surface area contributed by atoms with Crippen molar-refractivity contribution < 1.29 is 4.79 Å². The lowest BCUT2D eigenvalue weighted by atomic mass is 9.51. The summed E-state index contributed by atoms with van der Waals surface area (Å²) >= 11 is 0. The van der Waals surface area contributed by atoms with E-state index in [2.05, 4.69) is 42.6 Å². The lowest BCUT2D eigenvalue weighted by Crippen LogP contribution is -2.62. The van der Waals surface area contributed by atoms with Crippen LogP contribution in [0.4, 0.5) is 0 Å². The molecule has 2 heterocycles. The molecular formula is C26H40N2OS. The Kier molecular flexibility index (Phi) is 5.68. The number of rotatable bonds is 6. The van der Waals surface area contributed by atoms with Gasteiger partial charge in [0.2, 0.25) is 5.91 Å². The number of carbonyl (C=O) groups excluding carboxylic acids is 1. The van der Waals surface area contributed by atoms with Gasteiger partial charge in [-0.2, -0.15) is 0 Å². The van der Waals surface area contributed by atoms with Gasteiger partial charge in [0.05, 0.1) is 5.41 Å². The van der Waals surface area contributed by atoms with Crippen molar-refractivity contribution in [1.82, 2.24) is 5.32 Å². The van der Waals surface area contributed by atoms with Gasteiger partial charge in [-0.05, 0) is 104 Å². The largest absolute Gasteiger partial charge is 0.353 e. The Bertz CT molecular complexity index is 742. The van der Waals surface area contributed by atoms with Gasteiger partial charge in [-0.15, -0.1) is 0 Å². The van der Waals surface area contributed by atoms with E-state index in [1.165, 1.54) is 43.4 Å². The molecule has 0 spiro atoms. The zero-order valence-electron chi connectivity index (χ0n) is 18.6. The highest BCUT2D eigenvalue weighted by atomic mass is 32.2. The number of nitrogens with one attached hydrogen (secondary N) is 1. The van der Waals surface area contributed by atoms with Gasteiger partial charge < -0.3 is 11.1 Å². The number of hydrogen-bond donors (Lipinski definition) is 3. The van der Waals surface area contributed by atoms with Crippen molar-refractivity contribution in [3.63, 3.8) is 0 Å². The van der Waals surface area contributed by atoms with Crippen LogP contribution in [0.15, 0.2) is 30.3 Å². The highest BCUT2D eigenvalue weighted by molar-refractivity contribution is 8.18. The van der Waals surface area contributed by atoms with E-state index in [0.29, 0.717) is 17.9 Å². The maximum Gasteiger partial charge on any atom is 0.226 e. The molecule has 2 aliphatic heterocycles. The van der Waals surface area contributed by atoms with E-state index < -0.39 is 0 Å². The first-order chi connectivity index (χ1) is 14.6. The Morgan fingerprint density at radius 3 is 2.33 bits per heavy atom. The maximum absolute atomic E-state index is 13.8. The predicted molar refractivity (Wildman–Crippen MR) is 128 cm³/mol. The van der Waals surface area contributed by atoms with Crippen LogP contribution in [0.3, 0.4) is 0 Å². The first kappa shape index (κ1) is 20.9. The molecule has 4 bridgehead atoms. The fraction of sp³-hybridized carbons (Fsp3) is 0.731. The van der Waals surface area contributed by atoms with Crippen LogP contribution in [0.5, 0.6) is 0 Å². The molecule has 3 aliphatic carbocycles. The standard InChI is InChI=1S/C26H40N2OS/c1-2-12-30-22-13-25(20-6-4-3-5-7-20)14-23(30)16-26(15-22,18-25)24(29)28-21-10-8-19(17-27)9-11-21/h3-7,19,21-23,30H,2,8-18,27H2,1H3,(H,28,29)/t19-,21-,22?,23?,25?,26?. The molecule has 3 N–H and O–H groups in total. The minimum absolute atomic E-state index is 0.0936. The second-order valence-electron chi connectivity index (χ2n) is 10.9. The smallest absolute Gasteiger partial charge is 0.226 e. The number of thiol groups is 1. The summed E-state index contributed by atoms with van der Waals surface area (Å²) in [6.07, 6.45) is 11.9. The van der Waals surface area contributed by atoms with Crippen LogP contribution in [0.2, 0.25) is 0 Å². The van der Waals surface area contributed by atoms with Gasteiger partial charge in [0.15, 0.2) is 0 Å². The second-order valence-corrected chi connectivity index (χ2v) is 13.8. The van der Waals surface area contributed by atoms with Gasteiger partial charge in [0.1, 0.15) is 0 Å². The van der Waals surface area contributed by atoms with E-state index in [9.17, 15) is 4.79 Å². The normalized spacial score (nSPS) is 43.5. The van der Waals surface area contributed by atoms with Crippen LogP contribution in [0.1, 0.15) is 76.7 Å². The topological polar surface area (TPSA) is 55.1 Å². The minimum atomic E-state index is -0.112. The maximum atomic E-state index is 13.8. The van der Waals surface area contributed by atoms with Gasteiger partial charge in [0, 0.05) is 6.04 Å². The van der Waals surface area contributed by atoms with E-state index in [1.807, 2.05) is 0 Å². The molecule has 1 aromatic carbocycles. The quantitative estimate of drug-likeness (QED) is 0.576. The molecule has 0 aromatic heterocycles. The number of benzene rings is 1.